The quantitative estimate of drug-likeness (QED) is 0.474. The van der Waals surface area contributed by atoms with E-state index in [0.29, 0.717) is 13.1 Å². The molecule has 0 radical (unpaired) electrons. The Bertz CT molecular complexity index is 475. The minimum atomic E-state index is 0.170. The van der Waals surface area contributed by atoms with Crippen LogP contribution in [-0.4, -0.2) is 25.2 Å². The van der Waals surface area contributed by atoms with E-state index in [0.717, 1.165) is 23.8 Å². The van der Waals surface area contributed by atoms with E-state index in [4.69, 9.17) is 11.2 Å². The van der Waals surface area contributed by atoms with E-state index in [1.807, 2.05) is 45.0 Å². The van der Waals surface area contributed by atoms with E-state index in [2.05, 4.69) is 21.5 Å². The zero-order valence-corrected chi connectivity index (χ0v) is 12.4. The Morgan fingerprint density at radius 1 is 1.40 bits per heavy atom. The smallest absolute Gasteiger partial charge is 0.192 e. The lowest BCUT2D eigenvalue weighted by Crippen LogP contribution is -2.37. The largest absolute Gasteiger partial charge is 0.491 e. The molecule has 0 aromatic heterocycles. The van der Waals surface area contributed by atoms with Crippen molar-refractivity contribution < 1.29 is 4.74 Å². The number of hydrogen-bond donors (Lipinski definition) is 2. The van der Waals surface area contributed by atoms with E-state index >= 15 is 0 Å². The molecule has 4 heteroatoms. The molecule has 0 aliphatic carbocycles. The first-order valence-corrected chi connectivity index (χ1v) is 6.87. The Balaban J connectivity index is 2.68. The number of guanidine groups is 1. The van der Waals surface area contributed by atoms with Crippen molar-refractivity contribution in [1.29, 1.82) is 0 Å². The molecular weight excluding hydrogens is 250 g/mol. The lowest BCUT2D eigenvalue weighted by Gasteiger charge is -2.11. The summed E-state index contributed by atoms with van der Waals surface area (Å²) in [5.74, 6) is 4.13. The number of benzene rings is 1. The van der Waals surface area contributed by atoms with Crippen LogP contribution in [-0.2, 0) is 6.54 Å². The van der Waals surface area contributed by atoms with Crippen molar-refractivity contribution >= 4 is 5.96 Å². The van der Waals surface area contributed by atoms with Crippen molar-refractivity contribution in [3.8, 4) is 18.1 Å². The van der Waals surface area contributed by atoms with Gasteiger partial charge in [-0.1, -0.05) is 18.1 Å². The van der Waals surface area contributed by atoms with Crippen molar-refractivity contribution in [1.82, 2.24) is 10.6 Å². The summed E-state index contributed by atoms with van der Waals surface area (Å²) in [6, 6.07) is 7.97. The molecule has 20 heavy (non-hydrogen) atoms. The highest BCUT2D eigenvalue weighted by Crippen LogP contribution is 2.15. The summed E-state index contributed by atoms with van der Waals surface area (Å²) in [5.41, 5.74) is 1.10. The van der Waals surface area contributed by atoms with E-state index < -0.39 is 0 Å². The van der Waals surface area contributed by atoms with Crippen LogP contribution in [0.3, 0.4) is 0 Å². The summed E-state index contributed by atoms with van der Waals surface area (Å²) in [6.45, 7) is 7.88. The fraction of sp³-hybridized carbons (Fsp3) is 0.438. The maximum atomic E-state index is 5.67. The lowest BCUT2D eigenvalue weighted by atomic mass is 10.2. The number of hydrogen-bond acceptors (Lipinski definition) is 2. The SMILES string of the molecule is C#CCNC(=NCc1cccc(OC(C)C)c1)NCC. The minimum Gasteiger partial charge on any atom is -0.491 e. The normalized spacial score (nSPS) is 11.1. The summed E-state index contributed by atoms with van der Waals surface area (Å²) in [6.07, 6.45) is 5.40. The summed E-state index contributed by atoms with van der Waals surface area (Å²) in [4.78, 5) is 4.48. The number of nitrogens with zero attached hydrogens (tertiary/aromatic N) is 1. The molecule has 0 atom stereocenters. The molecule has 1 rings (SSSR count). The average molecular weight is 273 g/mol. The van der Waals surface area contributed by atoms with E-state index in [9.17, 15) is 0 Å². The maximum absolute atomic E-state index is 5.67. The van der Waals surface area contributed by atoms with Crippen LogP contribution in [0, 0.1) is 12.3 Å². The second-order valence-electron chi connectivity index (χ2n) is 4.57. The van der Waals surface area contributed by atoms with Crippen molar-refractivity contribution in [3.05, 3.63) is 29.8 Å². The molecule has 108 valence electrons. The first-order valence-electron chi connectivity index (χ1n) is 6.87. The Hall–Kier alpha value is -2.15. The molecule has 0 fully saturated rings. The third-order valence-electron chi connectivity index (χ3n) is 2.39. The van der Waals surface area contributed by atoms with Crippen molar-refractivity contribution in [3.63, 3.8) is 0 Å². The van der Waals surface area contributed by atoms with Crippen LogP contribution in [0.1, 0.15) is 26.3 Å². The number of aliphatic imine (C=N–C) groups is 1. The highest BCUT2D eigenvalue weighted by Gasteiger charge is 2.00. The van der Waals surface area contributed by atoms with Gasteiger partial charge in [0.1, 0.15) is 5.75 Å². The van der Waals surface area contributed by atoms with Crippen molar-refractivity contribution in [2.45, 2.75) is 33.4 Å². The maximum Gasteiger partial charge on any atom is 0.192 e. The molecular formula is C16H23N3O. The van der Waals surface area contributed by atoms with Gasteiger partial charge in [-0.3, -0.25) is 0 Å². The highest BCUT2D eigenvalue weighted by atomic mass is 16.5. The van der Waals surface area contributed by atoms with Gasteiger partial charge < -0.3 is 15.4 Å². The zero-order valence-electron chi connectivity index (χ0n) is 12.4. The summed E-state index contributed by atoms with van der Waals surface area (Å²) in [7, 11) is 0. The predicted molar refractivity (Wildman–Crippen MR) is 83.9 cm³/mol. The molecule has 1 aromatic carbocycles. The average Bonchev–Trinajstić information content (AvgIpc) is 2.41. The number of rotatable bonds is 6. The third-order valence-corrected chi connectivity index (χ3v) is 2.39. The third kappa shape index (κ3) is 6.14. The van der Waals surface area contributed by atoms with Crippen LogP contribution >= 0.6 is 0 Å². The van der Waals surface area contributed by atoms with Crippen LogP contribution in [0.4, 0.5) is 0 Å². The van der Waals surface area contributed by atoms with Gasteiger partial charge in [-0.25, -0.2) is 4.99 Å². The molecule has 2 N–H and O–H groups in total. The Morgan fingerprint density at radius 3 is 2.85 bits per heavy atom. The number of ether oxygens (including phenoxy) is 1. The van der Waals surface area contributed by atoms with Crippen LogP contribution in [0.25, 0.3) is 0 Å². The standard InChI is InChI=1S/C16H23N3O/c1-5-10-18-16(17-6-2)19-12-14-8-7-9-15(11-14)20-13(3)4/h1,7-9,11,13H,6,10,12H2,2-4H3,(H2,17,18,19). The molecule has 4 nitrogen and oxygen atoms in total. The number of terminal acetylenes is 1. The zero-order chi connectivity index (χ0) is 14.8. The fourth-order valence-corrected chi connectivity index (χ4v) is 1.64. The Kier molecular flexibility index (Phi) is 7.05. The molecule has 0 saturated carbocycles. The van der Waals surface area contributed by atoms with E-state index in [1.165, 1.54) is 0 Å². The molecule has 0 heterocycles. The predicted octanol–water partition coefficient (Wildman–Crippen LogP) is 2.16. The molecule has 0 aliphatic rings. The van der Waals surface area contributed by atoms with Gasteiger partial charge in [-0.2, -0.15) is 0 Å². The highest BCUT2D eigenvalue weighted by molar-refractivity contribution is 5.79. The molecule has 1 aromatic rings. The molecule has 0 unspecified atom stereocenters. The van der Waals surface area contributed by atoms with Gasteiger partial charge in [0.2, 0.25) is 0 Å². The van der Waals surface area contributed by atoms with Crippen LogP contribution in [0.5, 0.6) is 5.75 Å². The Labute approximate surface area is 121 Å². The summed E-state index contributed by atoms with van der Waals surface area (Å²) >= 11 is 0. The first-order chi connectivity index (χ1) is 9.65. The monoisotopic (exact) mass is 273 g/mol. The lowest BCUT2D eigenvalue weighted by molar-refractivity contribution is 0.242. The summed E-state index contributed by atoms with van der Waals surface area (Å²) in [5, 5.41) is 6.21. The van der Waals surface area contributed by atoms with Crippen LogP contribution in [0.15, 0.2) is 29.3 Å². The van der Waals surface area contributed by atoms with Crippen LogP contribution in [0.2, 0.25) is 0 Å². The van der Waals surface area contributed by atoms with Crippen LogP contribution < -0.4 is 15.4 Å². The Morgan fingerprint density at radius 2 is 2.20 bits per heavy atom. The van der Waals surface area contributed by atoms with Gasteiger partial charge in [-0.15, -0.1) is 6.42 Å². The van der Waals surface area contributed by atoms with Crippen molar-refractivity contribution in [2.75, 3.05) is 13.1 Å². The molecule has 0 amide bonds. The summed E-state index contributed by atoms with van der Waals surface area (Å²) < 4.78 is 5.67. The van der Waals surface area contributed by atoms with Gasteiger partial charge in [0.25, 0.3) is 0 Å². The van der Waals surface area contributed by atoms with Gasteiger partial charge in [0.05, 0.1) is 19.2 Å². The number of nitrogens with one attached hydrogen (secondary N) is 2. The second-order valence-corrected chi connectivity index (χ2v) is 4.57. The van der Waals surface area contributed by atoms with Gasteiger partial charge in [0, 0.05) is 6.54 Å². The van der Waals surface area contributed by atoms with Gasteiger partial charge in [0.15, 0.2) is 5.96 Å². The fourth-order valence-electron chi connectivity index (χ4n) is 1.64. The molecule has 0 aliphatic heterocycles. The van der Waals surface area contributed by atoms with Gasteiger partial charge >= 0.3 is 0 Å². The second kappa shape index (κ2) is 8.87. The van der Waals surface area contributed by atoms with Crippen molar-refractivity contribution in [2.24, 2.45) is 4.99 Å². The molecule has 0 bridgehead atoms. The minimum absolute atomic E-state index is 0.170. The van der Waals surface area contributed by atoms with E-state index in [1.54, 1.807) is 0 Å². The molecule has 0 saturated heterocycles. The van der Waals surface area contributed by atoms with Gasteiger partial charge in [-0.05, 0) is 38.5 Å². The first kappa shape index (κ1) is 15.9. The molecule has 0 spiro atoms. The van der Waals surface area contributed by atoms with E-state index in [-0.39, 0.29) is 6.10 Å². The topological polar surface area (TPSA) is 45.7 Å².